The van der Waals surface area contributed by atoms with Crippen molar-refractivity contribution in [3.63, 3.8) is 0 Å². The predicted octanol–water partition coefficient (Wildman–Crippen LogP) is 3.55. The molecular formula is C20H25N3O2. The van der Waals surface area contributed by atoms with E-state index >= 15 is 0 Å². The third-order valence-electron chi connectivity index (χ3n) is 4.33. The molecule has 0 bridgehead atoms. The highest BCUT2D eigenvalue weighted by Crippen LogP contribution is 2.25. The lowest BCUT2D eigenvalue weighted by Gasteiger charge is -2.21. The number of benzene rings is 1. The number of nitrogens with one attached hydrogen (secondary N) is 1. The molecule has 0 saturated heterocycles. The van der Waals surface area contributed by atoms with Gasteiger partial charge in [-0.2, -0.15) is 0 Å². The number of hydrogen-bond donors (Lipinski definition) is 2. The Balaban J connectivity index is 1.96. The molecule has 1 aromatic carbocycles. The molecule has 0 aliphatic carbocycles. The van der Waals surface area contributed by atoms with Gasteiger partial charge in [0.1, 0.15) is 5.84 Å². The van der Waals surface area contributed by atoms with Gasteiger partial charge in [0.05, 0.1) is 18.2 Å². The Labute approximate surface area is 148 Å². The van der Waals surface area contributed by atoms with Crippen molar-refractivity contribution in [2.24, 2.45) is 11.1 Å². The minimum Gasteiger partial charge on any atom is -0.469 e. The normalized spacial score (nSPS) is 11.2. The summed E-state index contributed by atoms with van der Waals surface area (Å²) in [5.74, 6) is -0.146. The Morgan fingerprint density at radius 3 is 2.40 bits per heavy atom. The molecule has 25 heavy (non-hydrogen) atoms. The van der Waals surface area contributed by atoms with Gasteiger partial charge in [-0.25, -0.2) is 0 Å². The van der Waals surface area contributed by atoms with Gasteiger partial charge in [-0.15, -0.1) is 0 Å². The molecule has 0 atom stereocenters. The topological polar surface area (TPSA) is 89.1 Å². The summed E-state index contributed by atoms with van der Waals surface area (Å²) in [6.45, 7) is 3.83. The van der Waals surface area contributed by atoms with Crippen LogP contribution in [-0.2, 0) is 16.0 Å². The van der Waals surface area contributed by atoms with Crippen molar-refractivity contribution in [2.45, 2.75) is 33.1 Å². The first kappa shape index (κ1) is 18.6. The standard InChI is InChI=1S/C20H25N3O2/c1-20(2,19(24)25-3)12-4-5-14-6-8-15(9-7-14)17-11-10-16(13-23-17)18(21)22/h6-11,13H,4-5,12H2,1-3H3,(H3,21,22). The molecular weight excluding hydrogens is 314 g/mol. The van der Waals surface area contributed by atoms with Crippen molar-refractivity contribution < 1.29 is 9.53 Å². The van der Waals surface area contributed by atoms with Crippen molar-refractivity contribution in [3.05, 3.63) is 53.7 Å². The zero-order valence-electron chi connectivity index (χ0n) is 15.0. The molecule has 2 rings (SSSR count). The second-order valence-corrected chi connectivity index (χ2v) is 6.77. The Kier molecular flexibility index (Phi) is 5.91. The number of nitrogens with two attached hydrogens (primary N) is 1. The van der Waals surface area contributed by atoms with Crippen LogP contribution in [0.5, 0.6) is 0 Å². The molecule has 1 aromatic heterocycles. The van der Waals surface area contributed by atoms with Crippen molar-refractivity contribution in [2.75, 3.05) is 7.11 Å². The number of aryl methyl sites for hydroxylation is 1. The van der Waals surface area contributed by atoms with Gasteiger partial charge in [-0.05, 0) is 50.8 Å². The minimum atomic E-state index is -0.447. The van der Waals surface area contributed by atoms with Crippen LogP contribution in [0.2, 0.25) is 0 Å². The van der Waals surface area contributed by atoms with Gasteiger partial charge in [-0.1, -0.05) is 24.3 Å². The molecule has 0 aliphatic rings. The monoisotopic (exact) mass is 339 g/mol. The molecule has 0 aliphatic heterocycles. The number of rotatable bonds is 7. The summed E-state index contributed by atoms with van der Waals surface area (Å²) in [6, 6.07) is 11.9. The van der Waals surface area contributed by atoms with Crippen LogP contribution in [0.4, 0.5) is 0 Å². The third kappa shape index (κ3) is 4.89. The van der Waals surface area contributed by atoms with Gasteiger partial charge in [0.25, 0.3) is 0 Å². The Morgan fingerprint density at radius 2 is 1.88 bits per heavy atom. The maximum atomic E-state index is 11.7. The van der Waals surface area contributed by atoms with Crippen LogP contribution in [0.25, 0.3) is 11.3 Å². The lowest BCUT2D eigenvalue weighted by atomic mass is 9.86. The Morgan fingerprint density at radius 1 is 1.20 bits per heavy atom. The van der Waals surface area contributed by atoms with E-state index in [2.05, 4.69) is 17.1 Å². The number of ether oxygens (including phenoxy) is 1. The van der Waals surface area contributed by atoms with E-state index in [0.717, 1.165) is 30.5 Å². The van der Waals surface area contributed by atoms with Crippen molar-refractivity contribution in [1.82, 2.24) is 4.98 Å². The first-order valence-electron chi connectivity index (χ1n) is 8.31. The molecule has 0 unspecified atom stereocenters. The second-order valence-electron chi connectivity index (χ2n) is 6.77. The second kappa shape index (κ2) is 7.92. The van der Waals surface area contributed by atoms with Gasteiger partial charge in [0.15, 0.2) is 0 Å². The fraction of sp³-hybridized carbons (Fsp3) is 0.350. The summed E-state index contributed by atoms with van der Waals surface area (Å²) in [5.41, 5.74) is 8.71. The Bertz CT molecular complexity index is 735. The average molecular weight is 339 g/mol. The van der Waals surface area contributed by atoms with E-state index in [4.69, 9.17) is 15.9 Å². The maximum absolute atomic E-state index is 11.7. The van der Waals surface area contributed by atoms with Crippen LogP contribution < -0.4 is 5.73 Å². The highest BCUT2D eigenvalue weighted by atomic mass is 16.5. The number of carbonyl (C=O) groups excluding carboxylic acids is 1. The number of carbonyl (C=O) groups is 1. The minimum absolute atomic E-state index is 0.0178. The number of pyridine rings is 1. The number of methoxy groups -OCH3 is 1. The molecule has 3 N–H and O–H groups in total. The molecule has 5 heteroatoms. The lowest BCUT2D eigenvalue weighted by molar-refractivity contribution is -0.151. The summed E-state index contributed by atoms with van der Waals surface area (Å²) >= 11 is 0. The van der Waals surface area contributed by atoms with Crippen molar-refractivity contribution in [3.8, 4) is 11.3 Å². The van der Waals surface area contributed by atoms with E-state index < -0.39 is 5.41 Å². The fourth-order valence-electron chi connectivity index (χ4n) is 2.68. The maximum Gasteiger partial charge on any atom is 0.311 e. The van der Waals surface area contributed by atoms with Gasteiger partial charge in [0.2, 0.25) is 0 Å². The zero-order chi connectivity index (χ0) is 18.4. The predicted molar refractivity (Wildman–Crippen MR) is 99.4 cm³/mol. The van der Waals surface area contributed by atoms with Gasteiger partial charge < -0.3 is 10.5 Å². The highest BCUT2D eigenvalue weighted by Gasteiger charge is 2.27. The molecule has 0 amide bonds. The van der Waals surface area contributed by atoms with Gasteiger partial charge in [0, 0.05) is 17.3 Å². The zero-order valence-corrected chi connectivity index (χ0v) is 15.0. The molecule has 0 saturated carbocycles. The van der Waals surface area contributed by atoms with E-state index in [1.165, 1.54) is 12.7 Å². The quantitative estimate of drug-likeness (QED) is 0.458. The van der Waals surface area contributed by atoms with Crippen LogP contribution >= 0.6 is 0 Å². The fourth-order valence-corrected chi connectivity index (χ4v) is 2.68. The number of nitrogen functional groups attached to an aromatic ring is 1. The van der Waals surface area contributed by atoms with E-state index in [0.29, 0.717) is 5.56 Å². The lowest BCUT2D eigenvalue weighted by Crippen LogP contribution is -2.25. The van der Waals surface area contributed by atoms with Gasteiger partial charge in [-0.3, -0.25) is 15.2 Å². The van der Waals surface area contributed by atoms with Crippen LogP contribution in [0.15, 0.2) is 42.6 Å². The van der Waals surface area contributed by atoms with Crippen molar-refractivity contribution >= 4 is 11.8 Å². The van der Waals surface area contributed by atoms with E-state index in [-0.39, 0.29) is 11.8 Å². The SMILES string of the molecule is COC(=O)C(C)(C)CCCc1ccc(-c2ccc(C(=N)N)cn2)cc1. The molecule has 0 fully saturated rings. The summed E-state index contributed by atoms with van der Waals surface area (Å²) in [4.78, 5) is 16.0. The molecule has 0 spiro atoms. The van der Waals surface area contributed by atoms with Crippen LogP contribution in [0.1, 0.15) is 37.8 Å². The van der Waals surface area contributed by atoms with Gasteiger partial charge >= 0.3 is 5.97 Å². The number of nitrogens with zero attached hydrogens (tertiary/aromatic N) is 1. The first-order valence-corrected chi connectivity index (χ1v) is 8.31. The van der Waals surface area contributed by atoms with Crippen LogP contribution in [-0.4, -0.2) is 23.9 Å². The smallest absolute Gasteiger partial charge is 0.311 e. The van der Waals surface area contributed by atoms with E-state index in [9.17, 15) is 4.79 Å². The number of amidine groups is 1. The number of aromatic nitrogens is 1. The summed E-state index contributed by atoms with van der Waals surface area (Å²) in [5, 5.41) is 7.39. The van der Waals surface area contributed by atoms with Crippen LogP contribution in [0, 0.1) is 10.8 Å². The highest BCUT2D eigenvalue weighted by molar-refractivity contribution is 5.94. The van der Waals surface area contributed by atoms with Crippen LogP contribution in [0.3, 0.4) is 0 Å². The molecule has 132 valence electrons. The number of esters is 1. The summed E-state index contributed by atoms with van der Waals surface area (Å²) < 4.78 is 4.84. The Hall–Kier alpha value is -2.69. The van der Waals surface area contributed by atoms with Crippen molar-refractivity contribution in [1.29, 1.82) is 5.41 Å². The molecule has 2 aromatic rings. The number of hydrogen-bond acceptors (Lipinski definition) is 4. The van der Waals surface area contributed by atoms with E-state index in [1.54, 1.807) is 12.3 Å². The van der Waals surface area contributed by atoms with E-state index in [1.807, 2.05) is 32.0 Å². The summed E-state index contributed by atoms with van der Waals surface area (Å²) in [6.07, 6.45) is 4.24. The average Bonchev–Trinajstić information content (AvgIpc) is 2.61. The molecule has 5 nitrogen and oxygen atoms in total. The molecule has 1 heterocycles. The third-order valence-corrected chi connectivity index (χ3v) is 4.33. The summed E-state index contributed by atoms with van der Waals surface area (Å²) in [7, 11) is 1.43. The largest absolute Gasteiger partial charge is 0.469 e. The molecule has 0 radical (unpaired) electrons. The first-order chi connectivity index (χ1) is 11.8.